The molecule has 3 aliphatic rings. The molecule has 1 saturated heterocycles. The highest BCUT2D eigenvalue weighted by Gasteiger charge is 2.39. The quantitative estimate of drug-likeness (QED) is 0.375. The largest absolute Gasteiger partial charge is 0.341 e. The lowest BCUT2D eigenvalue weighted by Gasteiger charge is -2.34. The van der Waals surface area contributed by atoms with Gasteiger partial charge >= 0.3 is 0 Å². The Morgan fingerprint density at radius 2 is 1.88 bits per heavy atom. The van der Waals surface area contributed by atoms with Crippen molar-refractivity contribution in [1.29, 1.82) is 5.26 Å². The fourth-order valence-corrected chi connectivity index (χ4v) is 6.09. The Bertz CT molecular complexity index is 1870. The molecule has 3 amide bonds. The first-order valence-corrected chi connectivity index (χ1v) is 13.2. The highest BCUT2D eigenvalue weighted by molar-refractivity contribution is 6.49. The summed E-state index contributed by atoms with van der Waals surface area (Å²) in [6.07, 6.45) is 2.55. The molecule has 0 spiro atoms. The van der Waals surface area contributed by atoms with E-state index in [1.165, 1.54) is 4.90 Å². The highest BCUT2D eigenvalue weighted by atomic mass is 19.3. The molecule has 7 rings (SSSR count). The smallest absolute Gasteiger partial charge is 0.261 e. The van der Waals surface area contributed by atoms with Crippen LogP contribution in [0.3, 0.4) is 0 Å². The number of rotatable bonds is 3. The average Bonchev–Trinajstić information content (AvgIpc) is 3.58. The van der Waals surface area contributed by atoms with Crippen molar-refractivity contribution < 1.29 is 23.2 Å². The summed E-state index contributed by atoms with van der Waals surface area (Å²) >= 11 is 0. The standard InChI is InChI=1S/C29H23F2N7O3/c30-29(31)6-9-36(10-7-29)28(41)20-15-38-17(12-32)11-19-18(5-4-16(13-33-20)25(19)38)23-24(27(40)35-26(23)39)21-14-34-22-3-1-2-8-37(21)22/h1-5,8,11,14,20,33H,6-7,9-10,13,15H2,(H,35,39,40). The van der Waals surface area contributed by atoms with Gasteiger partial charge in [-0.2, -0.15) is 5.26 Å². The van der Waals surface area contributed by atoms with Gasteiger partial charge in [0, 0.05) is 50.6 Å². The number of aromatic nitrogens is 3. The van der Waals surface area contributed by atoms with E-state index >= 15 is 0 Å². The summed E-state index contributed by atoms with van der Waals surface area (Å²) in [7, 11) is 0. The SMILES string of the molecule is N#Cc1cc2c(C3=C(c4cnc5ccccn45)C(=O)NC3=O)ccc3c2n1CC(C(=O)N1CCC(F)(F)CC1)NC3. The van der Waals surface area contributed by atoms with Crippen LogP contribution in [-0.4, -0.2) is 61.6 Å². The van der Waals surface area contributed by atoms with Crippen LogP contribution >= 0.6 is 0 Å². The van der Waals surface area contributed by atoms with Crippen molar-refractivity contribution >= 4 is 45.4 Å². The van der Waals surface area contributed by atoms with Crippen molar-refractivity contribution in [3.8, 4) is 6.07 Å². The third-order valence-electron chi connectivity index (χ3n) is 8.14. The number of carbonyl (C=O) groups is 3. The first-order valence-electron chi connectivity index (χ1n) is 13.2. The van der Waals surface area contributed by atoms with Crippen LogP contribution in [0.25, 0.3) is 27.7 Å². The van der Waals surface area contributed by atoms with E-state index in [0.29, 0.717) is 27.8 Å². The van der Waals surface area contributed by atoms with Gasteiger partial charge in [0.2, 0.25) is 5.91 Å². The summed E-state index contributed by atoms with van der Waals surface area (Å²) in [5.74, 6) is -4.17. The van der Waals surface area contributed by atoms with Crippen LogP contribution in [0.4, 0.5) is 8.78 Å². The van der Waals surface area contributed by atoms with E-state index in [9.17, 15) is 28.4 Å². The van der Waals surface area contributed by atoms with Crippen LogP contribution < -0.4 is 10.6 Å². The number of pyridine rings is 1. The molecule has 4 aromatic rings. The summed E-state index contributed by atoms with van der Waals surface area (Å²) < 4.78 is 30.9. The second-order valence-electron chi connectivity index (χ2n) is 10.5. The van der Waals surface area contributed by atoms with Gasteiger partial charge in [0.1, 0.15) is 23.5 Å². The van der Waals surface area contributed by atoms with E-state index < -0.39 is 23.8 Å². The molecule has 206 valence electrons. The number of fused-ring (bicyclic) bond motifs is 1. The van der Waals surface area contributed by atoms with Crippen molar-refractivity contribution in [2.24, 2.45) is 0 Å². The molecular formula is C29H23F2N7O3. The maximum absolute atomic E-state index is 13.7. The minimum absolute atomic E-state index is 0.0311. The van der Waals surface area contributed by atoms with Crippen LogP contribution in [0.1, 0.15) is 35.4 Å². The van der Waals surface area contributed by atoms with Gasteiger partial charge in [-0.3, -0.25) is 24.1 Å². The van der Waals surface area contributed by atoms with E-state index in [1.54, 1.807) is 45.6 Å². The summed E-state index contributed by atoms with van der Waals surface area (Å²) in [5, 5.41) is 16.3. The van der Waals surface area contributed by atoms with Crippen molar-refractivity contribution in [1.82, 2.24) is 29.5 Å². The van der Waals surface area contributed by atoms with Gasteiger partial charge in [-0.15, -0.1) is 0 Å². The Morgan fingerprint density at radius 1 is 1.10 bits per heavy atom. The molecule has 0 bridgehead atoms. The van der Waals surface area contributed by atoms with Gasteiger partial charge in [-0.25, -0.2) is 13.8 Å². The van der Waals surface area contributed by atoms with Gasteiger partial charge in [0.15, 0.2) is 0 Å². The number of imidazole rings is 1. The van der Waals surface area contributed by atoms with E-state index in [1.807, 2.05) is 12.1 Å². The second kappa shape index (κ2) is 9.07. The molecule has 3 aromatic heterocycles. The number of amides is 3. The van der Waals surface area contributed by atoms with Crippen molar-refractivity contribution in [2.45, 2.75) is 37.9 Å². The molecular weight excluding hydrogens is 532 g/mol. The molecule has 1 atom stereocenters. The number of nitrogens with one attached hydrogen (secondary N) is 2. The lowest BCUT2D eigenvalue weighted by atomic mass is 9.95. The van der Waals surface area contributed by atoms with Crippen molar-refractivity contribution in [3.05, 3.63) is 71.3 Å². The predicted octanol–water partition coefficient (Wildman–Crippen LogP) is 2.46. The maximum atomic E-state index is 13.7. The fraction of sp³-hybridized carbons (Fsp3) is 0.276. The van der Waals surface area contributed by atoms with Crippen LogP contribution in [0.15, 0.2) is 48.8 Å². The molecule has 2 N–H and O–H groups in total. The first kappa shape index (κ1) is 25.1. The number of nitrogens with zero attached hydrogens (tertiary/aromatic N) is 5. The Hall–Kier alpha value is -4.89. The average molecular weight is 556 g/mol. The number of imide groups is 1. The molecule has 6 heterocycles. The Morgan fingerprint density at radius 3 is 2.66 bits per heavy atom. The summed E-state index contributed by atoms with van der Waals surface area (Å²) in [4.78, 5) is 45.5. The minimum atomic E-state index is -2.77. The minimum Gasteiger partial charge on any atom is -0.341 e. The number of nitriles is 1. The fourth-order valence-electron chi connectivity index (χ4n) is 6.09. The molecule has 0 saturated carbocycles. The summed E-state index contributed by atoms with van der Waals surface area (Å²) in [5.41, 5.74) is 3.65. The molecule has 0 radical (unpaired) electrons. The van der Waals surface area contributed by atoms with Gasteiger partial charge < -0.3 is 14.8 Å². The Labute approximate surface area is 231 Å². The first-order chi connectivity index (χ1) is 19.8. The van der Waals surface area contributed by atoms with Gasteiger partial charge in [-0.05, 0) is 29.3 Å². The number of hydrogen-bond acceptors (Lipinski definition) is 6. The lowest BCUT2D eigenvalue weighted by Crippen LogP contribution is -2.51. The molecule has 1 unspecified atom stereocenters. The van der Waals surface area contributed by atoms with E-state index in [2.05, 4.69) is 21.7 Å². The summed E-state index contributed by atoms with van der Waals surface area (Å²) in [6.45, 7) is 0.336. The van der Waals surface area contributed by atoms with Gasteiger partial charge in [0.25, 0.3) is 17.7 Å². The Balaban J connectivity index is 1.34. The number of alkyl halides is 2. The zero-order valence-corrected chi connectivity index (χ0v) is 21.7. The predicted molar refractivity (Wildman–Crippen MR) is 143 cm³/mol. The van der Waals surface area contributed by atoms with E-state index in [-0.39, 0.29) is 61.8 Å². The number of benzene rings is 1. The van der Waals surface area contributed by atoms with E-state index in [4.69, 9.17) is 0 Å². The monoisotopic (exact) mass is 555 g/mol. The van der Waals surface area contributed by atoms with Crippen LogP contribution in [-0.2, 0) is 27.5 Å². The zero-order chi connectivity index (χ0) is 28.5. The van der Waals surface area contributed by atoms with E-state index in [0.717, 1.165) is 5.56 Å². The molecule has 1 fully saturated rings. The van der Waals surface area contributed by atoms with Crippen LogP contribution in [0.5, 0.6) is 0 Å². The zero-order valence-electron chi connectivity index (χ0n) is 21.7. The molecule has 1 aromatic carbocycles. The molecule has 0 aliphatic carbocycles. The molecule has 10 nitrogen and oxygen atoms in total. The third-order valence-corrected chi connectivity index (χ3v) is 8.14. The topological polar surface area (TPSA) is 125 Å². The molecule has 3 aliphatic heterocycles. The van der Waals surface area contributed by atoms with Crippen LogP contribution in [0, 0.1) is 11.3 Å². The second-order valence-corrected chi connectivity index (χ2v) is 10.5. The number of likely N-dealkylation sites (tertiary alicyclic amines) is 1. The number of hydrogen-bond donors (Lipinski definition) is 2. The highest BCUT2D eigenvalue weighted by Crippen LogP contribution is 2.38. The third kappa shape index (κ3) is 3.92. The number of halogens is 2. The maximum Gasteiger partial charge on any atom is 0.261 e. The summed E-state index contributed by atoms with van der Waals surface area (Å²) in [6, 6.07) is 12.1. The van der Waals surface area contributed by atoms with Gasteiger partial charge in [-0.1, -0.05) is 18.2 Å². The number of carbonyl (C=O) groups excluding carboxylic acids is 3. The lowest BCUT2D eigenvalue weighted by molar-refractivity contribution is -0.140. The van der Waals surface area contributed by atoms with Crippen molar-refractivity contribution in [2.75, 3.05) is 13.1 Å². The Kier molecular flexibility index (Phi) is 5.55. The normalized spacial score (nSPS) is 20.4. The molecule has 12 heteroatoms. The van der Waals surface area contributed by atoms with Crippen LogP contribution in [0.2, 0.25) is 0 Å². The number of piperidine rings is 1. The van der Waals surface area contributed by atoms with Gasteiger partial charge in [0.05, 0.1) is 28.6 Å². The molecule has 41 heavy (non-hydrogen) atoms. The van der Waals surface area contributed by atoms with Crippen molar-refractivity contribution in [3.63, 3.8) is 0 Å².